The third kappa shape index (κ3) is 5.24. The first-order valence-corrected chi connectivity index (χ1v) is 14.1. The minimum Gasteiger partial charge on any atom is -0.485 e. The molecule has 10 nitrogen and oxygen atoms in total. The number of ether oxygens (including phenoxy) is 1. The molecule has 2 aromatic heterocycles. The van der Waals surface area contributed by atoms with Crippen molar-refractivity contribution in [2.45, 2.75) is 36.2 Å². The van der Waals surface area contributed by atoms with Crippen molar-refractivity contribution >= 4 is 52.6 Å². The van der Waals surface area contributed by atoms with Crippen LogP contribution in [0.1, 0.15) is 26.9 Å². The van der Waals surface area contributed by atoms with Crippen molar-refractivity contribution < 1.29 is 28.6 Å². The first-order chi connectivity index (χ1) is 17.8. The molecule has 0 radical (unpaired) electrons. The summed E-state index contributed by atoms with van der Waals surface area (Å²) in [4.78, 5) is 39.0. The summed E-state index contributed by atoms with van der Waals surface area (Å²) in [5.41, 5.74) is 1.59. The quantitative estimate of drug-likeness (QED) is 0.297. The number of benzene rings is 1. The van der Waals surface area contributed by atoms with Gasteiger partial charge in [0.05, 0.1) is 0 Å². The maximum atomic E-state index is 12.9. The Morgan fingerprint density at radius 1 is 1.24 bits per heavy atom. The Balaban J connectivity index is 1.21. The van der Waals surface area contributed by atoms with Crippen LogP contribution in [0.5, 0.6) is 5.75 Å². The predicted molar refractivity (Wildman–Crippen MR) is 139 cm³/mol. The largest absolute Gasteiger partial charge is 0.485 e. The van der Waals surface area contributed by atoms with E-state index in [2.05, 4.69) is 15.5 Å². The van der Waals surface area contributed by atoms with Crippen molar-refractivity contribution in [2.75, 3.05) is 11.5 Å². The highest BCUT2D eigenvalue weighted by Gasteiger charge is 2.54. The van der Waals surface area contributed by atoms with Crippen LogP contribution in [0.25, 0.3) is 0 Å². The molecule has 0 saturated carbocycles. The fourth-order valence-corrected chi connectivity index (χ4v) is 7.24. The second kappa shape index (κ2) is 10.6. The number of aromatic nitrogens is 2. The number of para-hydroxylation sites is 1. The fourth-order valence-electron chi connectivity index (χ4n) is 3.94. The van der Waals surface area contributed by atoms with Crippen molar-refractivity contribution in [3.63, 3.8) is 0 Å². The lowest BCUT2D eigenvalue weighted by atomic mass is 10.0. The maximum absolute atomic E-state index is 12.9. The third-order valence-corrected chi connectivity index (χ3v) is 9.16. The number of carbonyl (C=O) groups is 3. The molecule has 0 spiro atoms. The highest BCUT2D eigenvalue weighted by atomic mass is 32.2. The number of furan rings is 1. The number of hydrogen-bond donors (Lipinski definition) is 2. The van der Waals surface area contributed by atoms with E-state index in [0.29, 0.717) is 22.8 Å². The molecule has 3 aromatic rings. The van der Waals surface area contributed by atoms with E-state index in [1.165, 1.54) is 45.8 Å². The van der Waals surface area contributed by atoms with Crippen LogP contribution in [-0.4, -0.2) is 60.9 Å². The van der Waals surface area contributed by atoms with Crippen LogP contribution in [0, 0.1) is 13.8 Å². The van der Waals surface area contributed by atoms with E-state index in [1.807, 2.05) is 38.1 Å². The predicted octanol–water partition coefficient (Wildman–Crippen LogP) is 3.47. The number of carboxylic acid groups (broad SMARTS) is 1. The second-order valence-corrected chi connectivity index (χ2v) is 11.8. The van der Waals surface area contributed by atoms with Crippen molar-refractivity contribution in [2.24, 2.45) is 0 Å². The van der Waals surface area contributed by atoms with Crippen molar-refractivity contribution in [1.29, 1.82) is 0 Å². The zero-order valence-electron chi connectivity index (χ0n) is 19.8. The van der Waals surface area contributed by atoms with Gasteiger partial charge < -0.3 is 19.6 Å². The molecule has 1 saturated heterocycles. The van der Waals surface area contributed by atoms with Gasteiger partial charge in [0, 0.05) is 11.5 Å². The SMILES string of the molecule is Cc1nnc(SCC2=C(C(=O)O)N3C(=O)[C@H](NC(=O)c4ccc(COc5ccccc5C)o4)[C@@H]3SC2)s1. The molecule has 2 N–H and O–H groups in total. The fraction of sp³-hybridized carbons (Fsp3) is 0.292. The van der Waals surface area contributed by atoms with E-state index >= 15 is 0 Å². The summed E-state index contributed by atoms with van der Waals surface area (Å²) < 4.78 is 12.1. The summed E-state index contributed by atoms with van der Waals surface area (Å²) in [6.45, 7) is 3.93. The van der Waals surface area contributed by atoms with Gasteiger partial charge >= 0.3 is 5.97 Å². The van der Waals surface area contributed by atoms with Gasteiger partial charge in [-0.15, -0.1) is 22.0 Å². The van der Waals surface area contributed by atoms with E-state index < -0.39 is 29.2 Å². The molecule has 0 aliphatic carbocycles. The number of aliphatic carboxylic acids is 1. The lowest BCUT2D eigenvalue weighted by Crippen LogP contribution is -2.70. The van der Waals surface area contributed by atoms with Gasteiger partial charge in [0.1, 0.15) is 40.2 Å². The van der Waals surface area contributed by atoms with Crippen LogP contribution in [0.2, 0.25) is 0 Å². The molecular weight excluding hydrogens is 536 g/mol. The highest BCUT2D eigenvalue weighted by molar-refractivity contribution is 8.01. The summed E-state index contributed by atoms with van der Waals surface area (Å²) in [5, 5.41) is 20.9. The Hall–Kier alpha value is -3.29. The van der Waals surface area contributed by atoms with E-state index in [-0.39, 0.29) is 18.1 Å². The lowest BCUT2D eigenvalue weighted by Gasteiger charge is -2.49. The molecule has 2 atom stereocenters. The molecule has 0 unspecified atom stereocenters. The second-order valence-electron chi connectivity index (χ2n) is 8.31. The molecule has 1 aromatic carbocycles. The number of aryl methyl sites for hydroxylation is 2. The van der Waals surface area contributed by atoms with E-state index in [0.717, 1.165) is 20.7 Å². The molecule has 2 aliphatic heterocycles. The van der Waals surface area contributed by atoms with Crippen molar-refractivity contribution in [3.8, 4) is 5.75 Å². The zero-order valence-corrected chi connectivity index (χ0v) is 22.2. The molecule has 4 heterocycles. The Bertz CT molecular complexity index is 1400. The van der Waals surface area contributed by atoms with E-state index in [9.17, 15) is 19.5 Å². The van der Waals surface area contributed by atoms with Gasteiger partial charge in [0.15, 0.2) is 10.1 Å². The number of rotatable bonds is 9. The van der Waals surface area contributed by atoms with Crippen LogP contribution in [-0.2, 0) is 16.2 Å². The van der Waals surface area contributed by atoms with Gasteiger partial charge in [-0.25, -0.2) is 4.79 Å². The maximum Gasteiger partial charge on any atom is 0.352 e. The minimum atomic E-state index is -1.17. The van der Waals surface area contributed by atoms with Crippen LogP contribution in [0.15, 0.2) is 56.4 Å². The standard InChI is InChI=1S/C24H22N4O6S3/c1-12-5-3-4-6-16(12)33-9-15-7-8-17(34-15)20(29)25-18-21(30)28-19(23(31)32)14(10-35-22(18)28)11-36-24-27-26-13(2)37-24/h3-8,18,22H,9-11H2,1-2H3,(H,25,29)(H,31,32)/t18-,22-/m0/s1. The summed E-state index contributed by atoms with van der Waals surface area (Å²) in [6, 6.07) is 9.90. The third-order valence-electron chi connectivity index (χ3n) is 5.76. The van der Waals surface area contributed by atoms with Gasteiger partial charge in [-0.3, -0.25) is 14.5 Å². The molecular formula is C24H22N4O6S3. The van der Waals surface area contributed by atoms with Crippen LogP contribution in [0.4, 0.5) is 0 Å². The Morgan fingerprint density at radius 2 is 2.05 bits per heavy atom. The summed E-state index contributed by atoms with van der Waals surface area (Å²) in [7, 11) is 0. The van der Waals surface area contributed by atoms with Gasteiger partial charge in [-0.05, 0) is 43.2 Å². The molecule has 0 bridgehead atoms. The Kier molecular flexibility index (Phi) is 7.26. The zero-order chi connectivity index (χ0) is 26.1. The number of hydrogen-bond acceptors (Lipinski definition) is 10. The van der Waals surface area contributed by atoms with Gasteiger partial charge in [0.2, 0.25) is 0 Å². The van der Waals surface area contributed by atoms with Crippen molar-refractivity contribution in [3.05, 3.63) is 69.8 Å². The summed E-state index contributed by atoms with van der Waals surface area (Å²) >= 11 is 4.24. The first kappa shape index (κ1) is 25.4. The Morgan fingerprint density at radius 3 is 2.78 bits per heavy atom. The van der Waals surface area contributed by atoms with Gasteiger partial charge in [0.25, 0.3) is 11.8 Å². The smallest absolute Gasteiger partial charge is 0.352 e. The number of fused-ring (bicyclic) bond motifs is 1. The first-order valence-electron chi connectivity index (χ1n) is 11.2. The van der Waals surface area contributed by atoms with Crippen LogP contribution < -0.4 is 10.1 Å². The van der Waals surface area contributed by atoms with E-state index in [1.54, 1.807) is 6.07 Å². The number of nitrogens with one attached hydrogen (secondary N) is 1. The number of carboxylic acids is 1. The molecule has 2 amide bonds. The number of thioether (sulfide) groups is 2. The average molecular weight is 559 g/mol. The number of β-lactam (4-membered cyclic amide) rings is 1. The molecule has 5 rings (SSSR count). The molecule has 37 heavy (non-hydrogen) atoms. The Labute approximate surface area is 224 Å². The minimum absolute atomic E-state index is 0.0263. The molecule has 2 aliphatic rings. The van der Waals surface area contributed by atoms with Crippen LogP contribution >= 0.6 is 34.9 Å². The molecule has 1 fully saturated rings. The lowest BCUT2D eigenvalue weighted by molar-refractivity contribution is -0.148. The number of nitrogens with zero attached hydrogens (tertiary/aromatic N) is 3. The van der Waals surface area contributed by atoms with Crippen LogP contribution in [0.3, 0.4) is 0 Å². The normalized spacial score (nSPS) is 18.9. The summed E-state index contributed by atoms with van der Waals surface area (Å²) in [5.74, 6) is -0.138. The molecule has 13 heteroatoms. The highest BCUT2D eigenvalue weighted by Crippen LogP contribution is 2.42. The molecule has 192 valence electrons. The average Bonchev–Trinajstić information content (AvgIpc) is 3.53. The summed E-state index contributed by atoms with van der Waals surface area (Å²) in [6.07, 6.45) is 0. The van der Waals surface area contributed by atoms with Gasteiger partial charge in [-0.2, -0.15) is 0 Å². The van der Waals surface area contributed by atoms with Crippen molar-refractivity contribution in [1.82, 2.24) is 20.4 Å². The number of amides is 2. The number of carbonyl (C=O) groups excluding carboxylic acids is 2. The van der Waals surface area contributed by atoms with E-state index in [4.69, 9.17) is 9.15 Å². The monoisotopic (exact) mass is 558 g/mol. The van der Waals surface area contributed by atoms with Gasteiger partial charge in [-0.1, -0.05) is 41.3 Å². The topological polar surface area (TPSA) is 135 Å².